The topological polar surface area (TPSA) is 88.5 Å². The van der Waals surface area contributed by atoms with Crippen LogP contribution in [-0.2, 0) is 20.8 Å². The second-order valence-electron chi connectivity index (χ2n) is 2.05. The van der Waals surface area contributed by atoms with Gasteiger partial charge < -0.3 is 0 Å². The fraction of sp³-hybridized carbons (Fsp3) is 1.00. The predicted octanol–water partition coefficient (Wildman–Crippen LogP) is -0.734. The average molecular weight is 202 g/mol. The lowest BCUT2D eigenvalue weighted by atomic mass is 10.4. The second-order valence-corrected chi connectivity index (χ2v) is 4.73. The highest BCUT2D eigenvalue weighted by Crippen LogP contribution is 1.93. The van der Waals surface area contributed by atoms with Gasteiger partial charge in [-0.2, -0.15) is 8.42 Å². The Balaban J connectivity index is 3.44. The zero-order valence-electron chi connectivity index (χ0n) is 5.76. The maximum atomic E-state index is 10.1. The molecule has 0 spiro atoms. The van der Waals surface area contributed by atoms with Gasteiger partial charge >= 0.3 is 0 Å². The van der Waals surface area contributed by atoms with Crippen LogP contribution in [0.4, 0.5) is 0 Å². The molecule has 68 valence electrons. The smallest absolute Gasteiger partial charge is 0.264 e. The van der Waals surface area contributed by atoms with Crippen molar-refractivity contribution in [2.24, 2.45) is 0 Å². The molecule has 0 bridgehead atoms. The summed E-state index contributed by atoms with van der Waals surface area (Å²) in [5.41, 5.74) is 0. The van der Waals surface area contributed by atoms with Crippen LogP contribution in [0, 0.1) is 0 Å². The summed E-state index contributed by atoms with van der Waals surface area (Å²) in [6.07, 6.45) is 0.459. The minimum absolute atomic E-state index is 0.0230. The maximum Gasteiger partial charge on any atom is 0.264 e. The number of rotatable bonds is 5. The van der Waals surface area contributed by atoms with E-state index in [1.54, 1.807) is 0 Å². The van der Waals surface area contributed by atoms with Crippen LogP contribution in [-0.4, -0.2) is 32.9 Å². The van der Waals surface area contributed by atoms with Crippen molar-refractivity contribution < 1.29 is 21.4 Å². The van der Waals surface area contributed by atoms with Gasteiger partial charge in [-0.05, 0) is 12.8 Å². The molecule has 5 nitrogen and oxygen atoms in total. The fourth-order valence-corrected chi connectivity index (χ4v) is 1.58. The van der Waals surface area contributed by atoms with Gasteiger partial charge in [-0.1, -0.05) is 0 Å². The Morgan fingerprint density at radius 1 is 1.18 bits per heavy atom. The van der Waals surface area contributed by atoms with Crippen molar-refractivity contribution in [3.8, 4) is 0 Å². The van der Waals surface area contributed by atoms with E-state index in [4.69, 9.17) is 4.55 Å². The number of hydrogen-bond donors (Lipinski definition) is 2. The molecule has 0 aromatic heterocycles. The molecule has 0 aliphatic heterocycles. The summed E-state index contributed by atoms with van der Waals surface area (Å²) in [5, 5.41) is 0. The van der Waals surface area contributed by atoms with E-state index in [1.165, 1.54) is 0 Å². The summed E-state index contributed by atoms with van der Waals surface area (Å²) in [6, 6.07) is 0. The molecule has 0 radical (unpaired) electrons. The standard InChI is InChI=1S/C4H10O5S2/c5-10(6)3-1-2-4-11(7,8)9/h10H,1-4H2,(H,7,8,9). The van der Waals surface area contributed by atoms with E-state index in [2.05, 4.69) is 0 Å². The first kappa shape index (κ1) is 10.9. The zero-order valence-corrected chi connectivity index (χ0v) is 7.48. The molecule has 0 saturated carbocycles. The molecule has 0 aromatic carbocycles. The molecular weight excluding hydrogens is 192 g/mol. The van der Waals surface area contributed by atoms with Crippen LogP contribution in [0.3, 0.4) is 0 Å². The SMILES string of the molecule is O=[SH](=O)CCCCS(=O)(=O)O. The van der Waals surface area contributed by atoms with Gasteiger partial charge in [0.25, 0.3) is 10.1 Å². The van der Waals surface area contributed by atoms with Gasteiger partial charge in [0.05, 0.1) is 5.75 Å². The van der Waals surface area contributed by atoms with E-state index >= 15 is 0 Å². The molecule has 0 aliphatic carbocycles. The third kappa shape index (κ3) is 9.86. The Kier molecular flexibility index (Phi) is 4.62. The molecule has 0 aromatic rings. The van der Waals surface area contributed by atoms with E-state index < -0.39 is 20.8 Å². The van der Waals surface area contributed by atoms with Gasteiger partial charge in [-0.25, -0.2) is 8.42 Å². The van der Waals surface area contributed by atoms with Gasteiger partial charge in [-0.3, -0.25) is 4.55 Å². The molecule has 7 heteroatoms. The molecular formula is C4H10O5S2. The van der Waals surface area contributed by atoms with E-state index in [9.17, 15) is 16.8 Å². The molecule has 11 heavy (non-hydrogen) atoms. The van der Waals surface area contributed by atoms with E-state index in [0.29, 0.717) is 0 Å². The van der Waals surface area contributed by atoms with Crippen LogP contribution in [0.2, 0.25) is 0 Å². The van der Waals surface area contributed by atoms with Crippen molar-refractivity contribution >= 4 is 20.8 Å². The summed E-state index contributed by atoms with van der Waals surface area (Å²) in [6.45, 7) is 0. The highest BCUT2D eigenvalue weighted by atomic mass is 32.2. The Morgan fingerprint density at radius 2 is 1.73 bits per heavy atom. The first-order chi connectivity index (χ1) is 4.92. The molecule has 1 N–H and O–H groups in total. The van der Waals surface area contributed by atoms with E-state index in [-0.39, 0.29) is 24.3 Å². The van der Waals surface area contributed by atoms with Crippen LogP contribution in [0.25, 0.3) is 0 Å². The van der Waals surface area contributed by atoms with Crippen molar-refractivity contribution in [2.75, 3.05) is 11.5 Å². The Morgan fingerprint density at radius 3 is 2.09 bits per heavy atom. The van der Waals surface area contributed by atoms with E-state index in [1.807, 2.05) is 0 Å². The lowest BCUT2D eigenvalue weighted by molar-refractivity contribution is 0.480. The van der Waals surface area contributed by atoms with Crippen molar-refractivity contribution in [2.45, 2.75) is 12.8 Å². The Labute approximate surface area is 67.1 Å². The van der Waals surface area contributed by atoms with Crippen molar-refractivity contribution in [3.05, 3.63) is 0 Å². The van der Waals surface area contributed by atoms with Crippen LogP contribution >= 0.6 is 0 Å². The first-order valence-electron chi connectivity index (χ1n) is 2.99. The minimum atomic E-state index is -3.92. The molecule has 0 aliphatic rings. The maximum absolute atomic E-state index is 10.1. The highest BCUT2D eigenvalue weighted by Gasteiger charge is 2.02. The van der Waals surface area contributed by atoms with Crippen LogP contribution in [0.15, 0.2) is 0 Å². The molecule has 0 atom stereocenters. The molecule has 0 fully saturated rings. The lowest BCUT2D eigenvalue weighted by Gasteiger charge is -1.93. The first-order valence-corrected chi connectivity index (χ1v) is 5.96. The van der Waals surface area contributed by atoms with Crippen molar-refractivity contribution in [1.82, 2.24) is 0 Å². The summed E-state index contributed by atoms with van der Waals surface area (Å²) in [7, 11) is -6.34. The summed E-state index contributed by atoms with van der Waals surface area (Å²) in [4.78, 5) is 0. The average Bonchev–Trinajstić information content (AvgIpc) is 1.78. The number of unbranched alkanes of at least 4 members (excludes halogenated alkanes) is 1. The molecule has 0 rings (SSSR count). The van der Waals surface area contributed by atoms with E-state index in [0.717, 1.165) is 0 Å². The summed E-state index contributed by atoms with van der Waals surface area (Å²) in [5.74, 6) is -0.388. The Bertz CT molecular complexity index is 254. The summed E-state index contributed by atoms with van der Waals surface area (Å²) < 4.78 is 48.3. The lowest BCUT2D eigenvalue weighted by Crippen LogP contribution is -2.04. The molecule has 0 heterocycles. The predicted molar refractivity (Wildman–Crippen MR) is 40.8 cm³/mol. The quantitative estimate of drug-likeness (QED) is 0.348. The van der Waals surface area contributed by atoms with Gasteiger partial charge in [0, 0.05) is 5.75 Å². The third-order valence-corrected chi connectivity index (χ3v) is 2.48. The van der Waals surface area contributed by atoms with Crippen molar-refractivity contribution in [3.63, 3.8) is 0 Å². The van der Waals surface area contributed by atoms with Crippen molar-refractivity contribution in [1.29, 1.82) is 0 Å². The summed E-state index contributed by atoms with van der Waals surface area (Å²) >= 11 is 0. The molecule has 0 unspecified atom stereocenters. The van der Waals surface area contributed by atoms with Gasteiger partial charge in [0.15, 0.2) is 0 Å². The minimum Gasteiger partial charge on any atom is -0.286 e. The Hall–Kier alpha value is -0.140. The fourth-order valence-electron chi connectivity index (χ4n) is 0.525. The normalized spacial score (nSPS) is 12.2. The number of hydrogen-bond acceptors (Lipinski definition) is 4. The highest BCUT2D eigenvalue weighted by molar-refractivity contribution is 7.85. The second kappa shape index (κ2) is 4.68. The van der Waals surface area contributed by atoms with Crippen LogP contribution in [0.1, 0.15) is 12.8 Å². The molecule has 0 amide bonds. The van der Waals surface area contributed by atoms with Gasteiger partial charge in [0.2, 0.25) is 0 Å². The van der Waals surface area contributed by atoms with Gasteiger partial charge in [-0.15, -0.1) is 0 Å². The molecule has 0 saturated heterocycles. The zero-order chi connectivity index (χ0) is 8.91. The third-order valence-electron chi connectivity index (χ3n) is 0.993. The van der Waals surface area contributed by atoms with Crippen LogP contribution in [0.5, 0.6) is 0 Å². The van der Waals surface area contributed by atoms with Crippen LogP contribution < -0.4 is 0 Å². The largest absolute Gasteiger partial charge is 0.286 e. The van der Waals surface area contributed by atoms with Gasteiger partial charge in [0.1, 0.15) is 10.7 Å². The monoisotopic (exact) mass is 202 g/mol. The number of thiol groups is 1.